The molecule has 0 unspecified atom stereocenters. The fraction of sp³-hybridized carbons (Fsp3) is 0. The third-order valence-electron chi connectivity index (χ3n) is 3.74. The lowest BCUT2D eigenvalue weighted by Gasteiger charge is -2.10. The minimum absolute atomic E-state index is 0.582. The fourth-order valence-electron chi connectivity index (χ4n) is 2.71. The molecule has 3 heteroatoms. The Bertz CT molecular complexity index is 824. The Morgan fingerprint density at radius 1 is 0.522 bits per heavy atom. The summed E-state index contributed by atoms with van der Waals surface area (Å²) < 4.78 is 0. The average Bonchev–Trinajstić information content (AvgIpc) is 2.61. The summed E-state index contributed by atoms with van der Waals surface area (Å²) in [5.74, 6) is 0. The SMILES string of the molecule is OB(O)c1c2ccccc2cc2ccccc12.c1ccccc1. The molecule has 0 atom stereocenters. The maximum absolute atomic E-state index is 9.58. The van der Waals surface area contributed by atoms with Crippen LogP contribution < -0.4 is 5.46 Å². The van der Waals surface area contributed by atoms with Crippen molar-refractivity contribution >= 4 is 34.1 Å². The van der Waals surface area contributed by atoms with Gasteiger partial charge in [0.2, 0.25) is 0 Å². The molecule has 0 saturated heterocycles. The highest BCUT2D eigenvalue weighted by Crippen LogP contribution is 2.20. The van der Waals surface area contributed by atoms with E-state index in [1.54, 1.807) is 0 Å². The first-order valence-corrected chi connectivity index (χ1v) is 7.54. The standard InChI is InChI=1S/C14H11BO2.C6H6/c16-15(17)14-12-7-3-1-5-10(12)9-11-6-2-4-8-13(11)14;1-2-4-6-5-3-1/h1-9,16-17H;1-6H. The van der Waals surface area contributed by atoms with Gasteiger partial charge in [0.05, 0.1) is 0 Å². The largest absolute Gasteiger partial charge is 0.489 e. The monoisotopic (exact) mass is 300 g/mol. The van der Waals surface area contributed by atoms with Crippen LogP contribution >= 0.6 is 0 Å². The molecule has 4 rings (SSSR count). The molecule has 0 fully saturated rings. The van der Waals surface area contributed by atoms with E-state index in [-0.39, 0.29) is 0 Å². The molecular weight excluding hydrogens is 283 g/mol. The summed E-state index contributed by atoms with van der Waals surface area (Å²) in [6.45, 7) is 0. The van der Waals surface area contributed by atoms with Crippen molar-refractivity contribution in [2.75, 3.05) is 0 Å². The smallest absolute Gasteiger partial charge is 0.423 e. The van der Waals surface area contributed by atoms with Gasteiger partial charge in [-0.25, -0.2) is 0 Å². The van der Waals surface area contributed by atoms with Crippen molar-refractivity contribution < 1.29 is 10.0 Å². The fourth-order valence-corrected chi connectivity index (χ4v) is 2.71. The quantitative estimate of drug-likeness (QED) is 0.418. The molecule has 0 heterocycles. The summed E-state index contributed by atoms with van der Waals surface area (Å²) >= 11 is 0. The molecule has 4 aromatic carbocycles. The number of benzene rings is 4. The van der Waals surface area contributed by atoms with E-state index in [4.69, 9.17) is 0 Å². The van der Waals surface area contributed by atoms with Gasteiger partial charge in [-0.05, 0) is 33.1 Å². The maximum Gasteiger partial charge on any atom is 0.489 e. The van der Waals surface area contributed by atoms with Gasteiger partial charge in [-0.15, -0.1) is 0 Å². The van der Waals surface area contributed by atoms with Gasteiger partial charge < -0.3 is 10.0 Å². The molecule has 0 aliphatic heterocycles. The van der Waals surface area contributed by atoms with E-state index in [1.165, 1.54) is 0 Å². The Labute approximate surface area is 135 Å². The summed E-state index contributed by atoms with van der Waals surface area (Å²) in [5.41, 5.74) is 0.582. The molecule has 0 amide bonds. The van der Waals surface area contributed by atoms with Crippen LogP contribution in [0.1, 0.15) is 0 Å². The van der Waals surface area contributed by atoms with E-state index in [2.05, 4.69) is 6.07 Å². The first-order chi connectivity index (χ1) is 11.3. The predicted octanol–water partition coefficient (Wildman–Crippen LogP) is 3.36. The number of fused-ring (bicyclic) bond motifs is 2. The molecule has 0 saturated carbocycles. The predicted molar refractivity (Wildman–Crippen MR) is 97.7 cm³/mol. The van der Waals surface area contributed by atoms with Crippen LogP contribution in [0.4, 0.5) is 0 Å². The molecule has 23 heavy (non-hydrogen) atoms. The zero-order valence-corrected chi connectivity index (χ0v) is 12.6. The first kappa shape index (κ1) is 15.3. The molecular formula is C20H17BO2. The summed E-state index contributed by atoms with van der Waals surface area (Å²) in [7, 11) is -1.45. The van der Waals surface area contributed by atoms with Crippen LogP contribution in [0.15, 0.2) is 91.0 Å². The van der Waals surface area contributed by atoms with Crippen molar-refractivity contribution in [3.8, 4) is 0 Å². The van der Waals surface area contributed by atoms with E-state index in [9.17, 15) is 10.0 Å². The van der Waals surface area contributed by atoms with Crippen LogP contribution in [0.5, 0.6) is 0 Å². The van der Waals surface area contributed by atoms with Crippen molar-refractivity contribution in [2.45, 2.75) is 0 Å². The molecule has 0 radical (unpaired) electrons. The third kappa shape index (κ3) is 3.42. The van der Waals surface area contributed by atoms with Crippen molar-refractivity contribution in [1.82, 2.24) is 0 Å². The van der Waals surface area contributed by atoms with Gasteiger partial charge in [0.1, 0.15) is 0 Å². The van der Waals surface area contributed by atoms with Gasteiger partial charge in [-0.2, -0.15) is 0 Å². The van der Waals surface area contributed by atoms with E-state index in [1.807, 2.05) is 84.9 Å². The zero-order valence-electron chi connectivity index (χ0n) is 12.6. The maximum atomic E-state index is 9.58. The Hall–Kier alpha value is -2.62. The van der Waals surface area contributed by atoms with Crippen LogP contribution in [-0.2, 0) is 0 Å². The summed E-state index contributed by atoms with van der Waals surface area (Å²) in [5, 5.41) is 23.0. The molecule has 2 nitrogen and oxygen atoms in total. The number of hydrogen-bond donors (Lipinski definition) is 2. The number of hydrogen-bond acceptors (Lipinski definition) is 2. The number of rotatable bonds is 1. The highest BCUT2D eigenvalue weighted by molar-refractivity contribution is 6.65. The normalized spacial score (nSPS) is 10.2. The van der Waals surface area contributed by atoms with Crippen LogP contribution in [0.25, 0.3) is 21.5 Å². The van der Waals surface area contributed by atoms with Gasteiger partial charge in [-0.3, -0.25) is 0 Å². The lowest BCUT2D eigenvalue weighted by Crippen LogP contribution is -2.31. The Balaban J connectivity index is 0.000000220. The second-order valence-electron chi connectivity index (χ2n) is 5.26. The van der Waals surface area contributed by atoms with Gasteiger partial charge in [0.25, 0.3) is 0 Å². The van der Waals surface area contributed by atoms with Gasteiger partial charge in [-0.1, -0.05) is 84.9 Å². The van der Waals surface area contributed by atoms with Crippen LogP contribution in [0.3, 0.4) is 0 Å². The molecule has 0 spiro atoms. The van der Waals surface area contributed by atoms with Crippen molar-refractivity contribution in [1.29, 1.82) is 0 Å². The summed E-state index contributed by atoms with van der Waals surface area (Å²) in [4.78, 5) is 0. The minimum Gasteiger partial charge on any atom is -0.423 e. The minimum atomic E-state index is -1.45. The van der Waals surface area contributed by atoms with Crippen LogP contribution in [0, 0.1) is 0 Å². The molecule has 112 valence electrons. The Kier molecular flexibility index (Phi) is 4.72. The van der Waals surface area contributed by atoms with E-state index >= 15 is 0 Å². The average molecular weight is 300 g/mol. The summed E-state index contributed by atoms with van der Waals surface area (Å²) in [6, 6.07) is 29.6. The van der Waals surface area contributed by atoms with Gasteiger partial charge in [0.15, 0.2) is 0 Å². The molecule has 0 aromatic heterocycles. The Morgan fingerprint density at radius 3 is 1.30 bits per heavy atom. The summed E-state index contributed by atoms with van der Waals surface area (Å²) in [6.07, 6.45) is 0. The second-order valence-corrected chi connectivity index (χ2v) is 5.26. The molecule has 2 N–H and O–H groups in total. The van der Waals surface area contributed by atoms with Gasteiger partial charge in [0, 0.05) is 0 Å². The third-order valence-corrected chi connectivity index (χ3v) is 3.74. The van der Waals surface area contributed by atoms with Crippen molar-refractivity contribution in [2.24, 2.45) is 0 Å². The van der Waals surface area contributed by atoms with E-state index in [0.29, 0.717) is 5.46 Å². The van der Waals surface area contributed by atoms with E-state index in [0.717, 1.165) is 21.5 Å². The van der Waals surface area contributed by atoms with Gasteiger partial charge >= 0.3 is 7.12 Å². The highest BCUT2D eigenvalue weighted by Gasteiger charge is 2.18. The van der Waals surface area contributed by atoms with Crippen LogP contribution in [-0.4, -0.2) is 17.2 Å². The molecule has 0 bridgehead atoms. The molecule has 0 aliphatic rings. The zero-order chi connectivity index (χ0) is 16.1. The topological polar surface area (TPSA) is 40.5 Å². The van der Waals surface area contributed by atoms with E-state index < -0.39 is 7.12 Å². The van der Waals surface area contributed by atoms with Crippen molar-refractivity contribution in [3.63, 3.8) is 0 Å². The molecule has 0 aliphatic carbocycles. The lowest BCUT2D eigenvalue weighted by molar-refractivity contribution is 0.426. The second kappa shape index (κ2) is 7.10. The first-order valence-electron chi connectivity index (χ1n) is 7.54. The highest BCUT2D eigenvalue weighted by atomic mass is 16.4. The molecule has 4 aromatic rings. The van der Waals surface area contributed by atoms with Crippen molar-refractivity contribution in [3.05, 3.63) is 91.0 Å². The van der Waals surface area contributed by atoms with Crippen LogP contribution in [0.2, 0.25) is 0 Å². The Morgan fingerprint density at radius 2 is 0.913 bits per heavy atom. The lowest BCUT2D eigenvalue weighted by atomic mass is 9.74.